The van der Waals surface area contributed by atoms with Gasteiger partial charge in [0.25, 0.3) is 17.1 Å². The van der Waals surface area contributed by atoms with E-state index in [0.29, 0.717) is 29.2 Å². The van der Waals surface area contributed by atoms with Crippen LogP contribution in [-0.4, -0.2) is 41.3 Å². The normalized spacial score (nSPS) is 19.0. The van der Waals surface area contributed by atoms with Gasteiger partial charge < -0.3 is 10.1 Å². The summed E-state index contributed by atoms with van der Waals surface area (Å²) in [5, 5.41) is 4.77. The number of amides is 3. The molecule has 0 radical (unpaired) electrons. The number of benzene rings is 4. The zero-order valence-electron chi connectivity index (χ0n) is 28.3. The Labute approximate surface area is 313 Å². The Morgan fingerprint density at radius 2 is 1.55 bits per heavy atom. The summed E-state index contributed by atoms with van der Waals surface area (Å²) in [6, 6.07) is 33.3. The minimum atomic E-state index is -0.564. The number of rotatable bonds is 12. The van der Waals surface area contributed by atoms with Gasteiger partial charge in [0.1, 0.15) is 5.82 Å². The van der Waals surface area contributed by atoms with Crippen molar-refractivity contribution in [1.29, 1.82) is 0 Å². The Morgan fingerprint density at radius 3 is 2.30 bits per heavy atom. The van der Waals surface area contributed by atoms with Crippen LogP contribution in [0.15, 0.2) is 120 Å². The fraction of sp³-hybridized carbons (Fsp3) is 0.167. The molecule has 1 aliphatic heterocycles. The van der Waals surface area contributed by atoms with E-state index in [1.807, 2.05) is 48.5 Å². The number of Topliss-reactive ketones (excluding diaryl/α,β-unsaturated/α-hetero) is 1. The molecule has 1 unspecified atom stereocenters. The monoisotopic (exact) mass is 744 g/mol. The second kappa shape index (κ2) is 16.0. The molecule has 1 aromatic heterocycles. The number of carbonyl (C=O) groups excluding carboxylic acids is 5. The molecule has 266 valence electrons. The molecule has 5 aromatic rings. The molecule has 0 bridgehead atoms. The first-order valence-corrected chi connectivity index (χ1v) is 18.7. The van der Waals surface area contributed by atoms with Gasteiger partial charge in [-0.25, -0.2) is 4.39 Å². The summed E-state index contributed by atoms with van der Waals surface area (Å²) in [4.78, 5) is 66.2. The van der Waals surface area contributed by atoms with E-state index in [1.165, 1.54) is 35.6 Å². The number of halogens is 1. The van der Waals surface area contributed by atoms with Gasteiger partial charge in [-0.2, -0.15) is 0 Å². The lowest BCUT2D eigenvalue weighted by atomic mass is 9.85. The number of ketones is 2. The van der Waals surface area contributed by atoms with E-state index in [2.05, 4.69) is 16.7 Å². The molecular formula is C42H33FN2O6S2. The zero-order chi connectivity index (χ0) is 36.9. The number of thioether (sulfide) groups is 1. The van der Waals surface area contributed by atoms with E-state index in [0.717, 1.165) is 28.5 Å². The third-order valence-corrected chi connectivity index (χ3v) is 11.2. The van der Waals surface area contributed by atoms with Gasteiger partial charge in [0.15, 0.2) is 11.6 Å². The summed E-state index contributed by atoms with van der Waals surface area (Å²) >= 11 is 1.99. The summed E-state index contributed by atoms with van der Waals surface area (Å²) in [6.07, 6.45) is 2.16. The largest absolute Gasteiger partial charge is 0.373 e. The van der Waals surface area contributed by atoms with Crippen LogP contribution in [0.1, 0.15) is 59.2 Å². The summed E-state index contributed by atoms with van der Waals surface area (Å²) in [7, 11) is 0. The third kappa shape index (κ3) is 8.28. The molecule has 0 spiro atoms. The first kappa shape index (κ1) is 35.9. The van der Waals surface area contributed by atoms with Gasteiger partial charge in [-0.15, -0.1) is 11.3 Å². The van der Waals surface area contributed by atoms with Crippen LogP contribution in [0.3, 0.4) is 0 Å². The van der Waals surface area contributed by atoms with Crippen LogP contribution in [-0.2, 0) is 16.1 Å². The van der Waals surface area contributed by atoms with Gasteiger partial charge >= 0.3 is 0 Å². The molecule has 2 heterocycles. The standard InChI is InChI=1S/C42H33FN2O6S2/c43-29-16-14-26(15-17-29)38(46)33-12-6-7-13-34(33)39(47)35-21-30(51-24-27-10-4-5-11-32(27)25-8-2-1-3-9-25)20-28(35)23-44-40(48)36-19-18-31(52-36)22-37-41(49)45-42(50)53-37/h1-19,22,28,30,35H,20-21,23-24H2,(H,44,48)(H,45,49,50)/t28-,30+,35?/m0/s1. The number of nitrogens with one attached hydrogen (secondary N) is 2. The van der Waals surface area contributed by atoms with Crippen molar-refractivity contribution >= 4 is 57.8 Å². The van der Waals surface area contributed by atoms with Crippen LogP contribution in [0, 0.1) is 17.7 Å². The minimum Gasteiger partial charge on any atom is -0.373 e. The smallest absolute Gasteiger partial charge is 0.290 e. The molecule has 7 rings (SSSR count). The van der Waals surface area contributed by atoms with Gasteiger partial charge in [0.2, 0.25) is 0 Å². The summed E-state index contributed by atoms with van der Waals surface area (Å²) in [6.45, 7) is 0.510. The maximum absolute atomic E-state index is 14.4. The molecular weight excluding hydrogens is 712 g/mol. The van der Waals surface area contributed by atoms with Gasteiger partial charge in [-0.05, 0) is 89.7 Å². The second-order valence-corrected chi connectivity index (χ2v) is 14.9. The summed E-state index contributed by atoms with van der Waals surface area (Å²) in [5.74, 6) is -2.75. The van der Waals surface area contributed by atoms with Gasteiger partial charge in [0.05, 0.1) is 22.5 Å². The third-order valence-electron chi connectivity index (χ3n) is 9.40. The Bertz CT molecular complexity index is 2230. The molecule has 1 aliphatic carbocycles. The van der Waals surface area contributed by atoms with E-state index in [4.69, 9.17) is 4.74 Å². The van der Waals surface area contributed by atoms with E-state index in [9.17, 15) is 28.4 Å². The molecule has 1 saturated heterocycles. The molecule has 2 fully saturated rings. The molecule has 8 nitrogen and oxygen atoms in total. The van der Waals surface area contributed by atoms with Gasteiger partial charge in [-0.1, -0.05) is 78.9 Å². The SMILES string of the molecule is O=C1NC(=O)C(=Cc2ccc(C(=O)NC[C@@H]3C[C@@H](OCc4ccccc4-c4ccccc4)CC3C(=O)c3ccccc3C(=O)c3ccc(F)cc3)s2)S1. The average Bonchev–Trinajstić information content (AvgIpc) is 3.91. The van der Waals surface area contributed by atoms with Crippen molar-refractivity contribution in [3.63, 3.8) is 0 Å². The molecule has 2 N–H and O–H groups in total. The van der Waals surface area contributed by atoms with Crippen LogP contribution in [0.5, 0.6) is 0 Å². The number of carbonyl (C=O) groups is 5. The van der Waals surface area contributed by atoms with Crippen LogP contribution in [0.4, 0.5) is 9.18 Å². The highest BCUT2D eigenvalue weighted by molar-refractivity contribution is 8.18. The summed E-state index contributed by atoms with van der Waals surface area (Å²) in [5.41, 5.74) is 3.90. The van der Waals surface area contributed by atoms with E-state index in [-0.39, 0.29) is 57.6 Å². The molecule has 11 heteroatoms. The van der Waals surface area contributed by atoms with E-state index < -0.39 is 22.9 Å². The highest BCUT2D eigenvalue weighted by Gasteiger charge is 2.40. The van der Waals surface area contributed by atoms with Crippen molar-refractivity contribution in [1.82, 2.24) is 10.6 Å². The van der Waals surface area contributed by atoms with Crippen molar-refractivity contribution in [2.75, 3.05) is 6.54 Å². The average molecular weight is 745 g/mol. The molecule has 2 aliphatic rings. The highest BCUT2D eigenvalue weighted by Crippen LogP contribution is 2.38. The van der Waals surface area contributed by atoms with Crippen molar-refractivity contribution in [2.24, 2.45) is 11.8 Å². The topological polar surface area (TPSA) is 119 Å². The Morgan fingerprint density at radius 1 is 0.830 bits per heavy atom. The van der Waals surface area contributed by atoms with Gasteiger partial charge in [-0.3, -0.25) is 29.3 Å². The van der Waals surface area contributed by atoms with Gasteiger partial charge in [0, 0.05) is 34.0 Å². The van der Waals surface area contributed by atoms with E-state index >= 15 is 0 Å². The van der Waals surface area contributed by atoms with E-state index in [1.54, 1.807) is 42.5 Å². The number of hydrogen-bond acceptors (Lipinski definition) is 8. The predicted octanol–water partition coefficient (Wildman–Crippen LogP) is 8.33. The second-order valence-electron chi connectivity index (χ2n) is 12.8. The predicted molar refractivity (Wildman–Crippen MR) is 203 cm³/mol. The minimum absolute atomic E-state index is 0.185. The first-order valence-electron chi connectivity index (χ1n) is 17.0. The van der Waals surface area contributed by atoms with Crippen LogP contribution in [0.25, 0.3) is 17.2 Å². The molecule has 3 amide bonds. The molecule has 53 heavy (non-hydrogen) atoms. The Hall–Kier alpha value is -5.49. The Balaban J connectivity index is 1.10. The lowest BCUT2D eigenvalue weighted by Crippen LogP contribution is -2.33. The van der Waals surface area contributed by atoms with Crippen LogP contribution in [0.2, 0.25) is 0 Å². The number of hydrogen-bond donors (Lipinski definition) is 2. The molecule has 1 saturated carbocycles. The first-order chi connectivity index (χ1) is 25.7. The highest BCUT2D eigenvalue weighted by atomic mass is 32.2. The lowest BCUT2D eigenvalue weighted by Gasteiger charge is -2.20. The Kier molecular flexibility index (Phi) is 10.9. The maximum Gasteiger partial charge on any atom is 0.290 e. The summed E-state index contributed by atoms with van der Waals surface area (Å²) < 4.78 is 20.1. The van der Waals surface area contributed by atoms with Crippen LogP contribution >= 0.6 is 23.1 Å². The number of ether oxygens (including phenoxy) is 1. The zero-order valence-corrected chi connectivity index (χ0v) is 29.9. The fourth-order valence-electron chi connectivity index (χ4n) is 6.78. The van der Waals surface area contributed by atoms with Crippen molar-refractivity contribution in [3.05, 3.63) is 158 Å². The van der Waals surface area contributed by atoms with Crippen molar-refractivity contribution in [2.45, 2.75) is 25.6 Å². The fourth-order valence-corrected chi connectivity index (χ4v) is 8.39. The molecule has 4 aromatic carbocycles. The molecule has 3 atom stereocenters. The number of imide groups is 1. The van der Waals surface area contributed by atoms with Crippen molar-refractivity contribution < 1.29 is 33.1 Å². The number of thiophene rings is 1. The maximum atomic E-state index is 14.4. The van der Waals surface area contributed by atoms with Crippen LogP contribution < -0.4 is 10.6 Å². The quantitative estimate of drug-likeness (QED) is 0.0974. The lowest BCUT2D eigenvalue weighted by molar-refractivity contribution is -0.115. The van der Waals surface area contributed by atoms with Crippen molar-refractivity contribution in [3.8, 4) is 11.1 Å².